The van der Waals surface area contributed by atoms with E-state index < -0.39 is 5.60 Å². The summed E-state index contributed by atoms with van der Waals surface area (Å²) in [7, 11) is 1.65. The van der Waals surface area contributed by atoms with Gasteiger partial charge in [0.2, 0.25) is 0 Å². The van der Waals surface area contributed by atoms with Gasteiger partial charge in [0.15, 0.2) is 0 Å². The van der Waals surface area contributed by atoms with Crippen LogP contribution in [0, 0.1) is 5.82 Å². The topological polar surface area (TPSA) is 45.5 Å². The second-order valence-corrected chi connectivity index (χ2v) is 9.49. The molecular weight excluding hydrogens is 502 g/mol. The van der Waals surface area contributed by atoms with E-state index >= 15 is 0 Å². The Morgan fingerprint density at radius 2 is 1.75 bits per heavy atom. The first kappa shape index (κ1) is 24.8. The maximum atomic E-state index is 14.6. The third-order valence-electron chi connectivity index (χ3n) is 6.45. The average molecular weight is 527 g/mol. The molecule has 0 N–H and O–H groups in total. The van der Waals surface area contributed by atoms with Crippen LogP contribution in [0.2, 0.25) is 10.0 Å². The van der Waals surface area contributed by atoms with Gasteiger partial charge in [-0.05, 0) is 42.0 Å². The maximum Gasteiger partial charge on any atom is 0.132 e. The average Bonchev–Trinajstić information content (AvgIpc) is 3.34. The van der Waals surface area contributed by atoms with Crippen LogP contribution >= 0.6 is 23.2 Å². The second kappa shape index (κ2) is 10.6. The lowest BCUT2D eigenvalue weighted by atomic mass is 9.86. The maximum absolute atomic E-state index is 14.6. The Balaban J connectivity index is 1.45. The van der Waals surface area contributed by atoms with Gasteiger partial charge >= 0.3 is 0 Å². The monoisotopic (exact) mass is 526 g/mol. The summed E-state index contributed by atoms with van der Waals surface area (Å²) in [6.07, 6.45) is 1.31. The van der Waals surface area contributed by atoms with Crippen molar-refractivity contribution >= 4 is 23.2 Å². The standard InChI is InChI=1S/C28H25Cl2FN2O3/c1-34-28(9-11-35-12-10-28)20-13-21(31)15-24(14-20)36-18-22-16-27(19-5-3-2-4-6-19)33(32-22)23-7-8-25(29)26(30)17-23/h2-8,13-17H,9-12,18H2,1H3. The van der Waals surface area contributed by atoms with Crippen molar-refractivity contribution in [1.29, 1.82) is 0 Å². The SMILES string of the molecule is COC1(c2cc(F)cc(OCc3cc(-c4ccccc4)n(-c4ccc(Cl)c(Cl)c4)n3)c2)CCOCC1. The zero-order valence-corrected chi connectivity index (χ0v) is 21.2. The van der Waals surface area contributed by atoms with Gasteiger partial charge in [-0.25, -0.2) is 9.07 Å². The Labute approximate surface area is 219 Å². The van der Waals surface area contributed by atoms with E-state index in [1.54, 1.807) is 23.9 Å². The molecule has 0 saturated carbocycles. The van der Waals surface area contributed by atoms with Crippen LogP contribution in [-0.2, 0) is 21.7 Å². The predicted octanol–water partition coefficient (Wildman–Crippen LogP) is 7.22. The smallest absolute Gasteiger partial charge is 0.132 e. The molecule has 5 rings (SSSR count). The van der Waals surface area contributed by atoms with Crippen molar-refractivity contribution in [3.05, 3.63) is 99.9 Å². The van der Waals surface area contributed by atoms with Crippen LogP contribution in [0.5, 0.6) is 5.75 Å². The molecule has 5 nitrogen and oxygen atoms in total. The van der Waals surface area contributed by atoms with E-state index in [1.165, 1.54) is 12.1 Å². The summed E-state index contributed by atoms with van der Waals surface area (Å²) < 4.78 is 33.7. The number of methoxy groups -OCH3 is 1. The Hall–Kier alpha value is -2.90. The first-order valence-electron chi connectivity index (χ1n) is 11.6. The van der Waals surface area contributed by atoms with E-state index in [0.717, 1.165) is 22.5 Å². The summed E-state index contributed by atoms with van der Waals surface area (Å²) in [6.45, 7) is 1.28. The third kappa shape index (κ3) is 5.13. The number of rotatable bonds is 7. The number of hydrogen-bond acceptors (Lipinski definition) is 4. The fourth-order valence-electron chi connectivity index (χ4n) is 4.51. The highest BCUT2D eigenvalue weighted by molar-refractivity contribution is 6.42. The van der Waals surface area contributed by atoms with Crippen molar-refractivity contribution in [2.45, 2.75) is 25.0 Å². The number of aromatic nitrogens is 2. The Kier molecular flexibility index (Phi) is 7.30. The molecule has 1 fully saturated rings. The molecule has 0 radical (unpaired) electrons. The van der Waals surface area contributed by atoms with Crippen LogP contribution in [0.1, 0.15) is 24.1 Å². The summed E-state index contributed by atoms with van der Waals surface area (Å²) >= 11 is 12.4. The lowest BCUT2D eigenvalue weighted by molar-refractivity contribution is -0.0950. The van der Waals surface area contributed by atoms with E-state index in [1.807, 2.05) is 48.5 Å². The Morgan fingerprint density at radius 3 is 2.47 bits per heavy atom. The molecule has 1 aliphatic heterocycles. The van der Waals surface area contributed by atoms with Gasteiger partial charge in [0.1, 0.15) is 23.9 Å². The van der Waals surface area contributed by atoms with E-state index in [4.69, 9.17) is 42.5 Å². The number of nitrogens with zero attached hydrogens (tertiary/aromatic N) is 2. The van der Waals surface area contributed by atoms with Crippen molar-refractivity contribution in [2.24, 2.45) is 0 Å². The van der Waals surface area contributed by atoms with E-state index in [9.17, 15) is 4.39 Å². The number of hydrogen-bond donors (Lipinski definition) is 0. The molecule has 8 heteroatoms. The van der Waals surface area contributed by atoms with Crippen LogP contribution in [0.3, 0.4) is 0 Å². The summed E-state index contributed by atoms with van der Waals surface area (Å²) in [4.78, 5) is 0. The van der Waals surface area contributed by atoms with Crippen molar-refractivity contribution in [3.8, 4) is 22.7 Å². The van der Waals surface area contributed by atoms with Crippen molar-refractivity contribution < 1.29 is 18.6 Å². The fraction of sp³-hybridized carbons (Fsp3) is 0.250. The van der Waals surface area contributed by atoms with Crippen LogP contribution in [0.4, 0.5) is 4.39 Å². The first-order chi connectivity index (χ1) is 17.5. The second-order valence-electron chi connectivity index (χ2n) is 8.67. The predicted molar refractivity (Wildman–Crippen MR) is 138 cm³/mol. The minimum atomic E-state index is -0.589. The summed E-state index contributed by atoms with van der Waals surface area (Å²) in [5.74, 6) is 0.0370. The molecule has 0 bridgehead atoms. The Morgan fingerprint density at radius 1 is 0.972 bits per heavy atom. The molecule has 36 heavy (non-hydrogen) atoms. The van der Waals surface area contributed by atoms with Gasteiger partial charge in [0.05, 0.1) is 27.0 Å². The summed E-state index contributed by atoms with van der Waals surface area (Å²) in [5.41, 5.74) is 3.45. The number of halogens is 3. The van der Waals surface area contributed by atoms with Gasteiger partial charge in [-0.3, -0.25) is 0 Å². The zero-order valence-electron chi connectivity index (χ0n) is 19.7. The normalized spacial score (nSPS) is 15.1. The summed E-state index contributed by atoms with van der Waals surface area (Å²) in [6, 6.07) is 21.9. The molecule has 1 aliphatic rings. The number of ether oxygens (including phenoxy) is 3. The lowest BCUT2D eigenvalue weighted by Gasteiger charge is -2.36. The van der Waals surface area contributed by atoms with Crippen LogP contribution in [0.25, 0.3) is 16.9 Å². The van der Waals surface area contributed by atoms with E-state index in [-0.39, 0.29) is 12.4 Å². The largest absolute Gasteiger partial charge is 0.487 e. The van der Waals surface area contributed by atoms with Crippen molar-refractivity contribution in [2.75, 3.05) is 20.3 Å². The minimum Gasteiger partial charge on any atom is -0.487 e. The third-order valence-corrected chi connectivity index (χ3v) is 7.19. The molecule has 2 heterocycles. The van der Waals surface area contributed by atoms with Gasteiger partial charge in [0, 0.05) is 44.8 Å². The van der Waals surface area contributed by atoms with Gasteiger partial charge in [0.25, 0.3) is 0 Å². The van der Waals surface area contributed by atoms with Gasteiger partial charge in [-0.15, -0.1) is 0 Å². The lowest BCUT2D eigenvalue weighted by Crippen LogP contribution is -2.35. The van der Waals surface area contributed by atoms with Gasteiger partial charge in [-0.1, -0.05) is 53.5 Å². The highest BCUT2D eigenvalue weighted by Gasteiger charge is 2.35. The molecule has 0 unspecified atom stereocenters. The molecule has 0 atom stereocenters. The highest BCUT2D eigenvalue weighted by Crippen LogP contribution is 2.37. The molecular formula is C28H25Cl2FN2O3. The van der Waals surface area contributed by atoms with Gasteiger partial charge in [-0.2, -0.15) is 5.10 Å². The molecule has 4 aromatic rings. The molecule has 0 amide bonds. The van der Waals surface area contributed by atoms with Crippen molar-refractivity contribution in [3.63, 3.8) is 0 Å². The molecule has 1 saturated heterocycles. The Bertz CT molecular complexity index is 1350. The summed E-state index contributed by atoms with van der Waals surface area (Å²) in [5, 5.41) is 5.67. The molecule has 3 aromatic carbocycles. The fourth-order valence-corrected chi connectivity index (χ4v) is 4.80. The first-order valence-corrected chi connectivity index (χ1v) is 12.4. The van der Waals surface area contributed by atoms with E-state index in [2.05, 4.69) is 0 Å². The molecule has 0 aliphatic carbocycles. The van der Waals surface area contributed by atoms with Crippen molar-refractivity contribution in [1.82, 2.24) is 9.78 Å². The van der Waals surface area contributed by atoms with E-state index in [0.29, 0.717) is 47.5 Å². The highest BCUT2D eigenvalue weighted by atomic mass is 35.5. The molecule has 186 valence electrons. The molecule has 1 aromatic heterocycles. The van der Waals surface area contributed by atoms with Crippen LogP contribution in [-0.4, -0.2) is 30.1 Å². The zero-order chi connectivity index (χ0) is 25.1. The van der Waals surface area contributed by atoms with Crippen LogP contribution < -0.4 is 4.74 Å². The quantitative estimate of drug-likeness (QED) is 0.255. The van der Waals surface area contributed by atoms with Gasteiger partial charge < -0.3 is 14.2 Å². The van der Waals surface area contributed by atoms with Crippen LogP contribution in [0.15, 0.2) is 72.8 Å². The number of benzene rings is 3. The molecule has 0 spiro atoms. The minimum absolute atomic E-state index is 0.153.